The van der Waals surface area contributed by atoms with E-state index >= 15 is 0 Å². The van der Waals surface area contributed by atoms with Gasteiger partial charge in [-0.1, -0.05) is 72.3 Å². The van der Waals surface area contributed by atoms with Gasteiger partial charge in [0.25, 0.3) is 0 Å². The van der Waals surface area contributed by atoms with Gasteiger partial charge in [0.05, 0.1) is 19.1 Å². The van der Waals surface area contributed by atoms with Gasteiger partial charge in [-0.2, -0.15) is 0 Å². The van der Waals surface area contributed by atoms with E-state index in [2.05, 4.69) is 0 Å². The molecule has 0 aromatic heterocycles. The van der Waals surface area contributed by atoms with E-state index in [1.54, 1.807) is 60.7 Å². The van der Waals surface area contributed by atoms with Crippen LogP contribution in [0.5, 0.6) is 0 Å². The zero-order valence-corrected chi connectivity index (χ0v) is 15.8. The van der Waals surface area contributed by atoms with Crippen LogP contribution >= 0.6 is 0 Å². The number of rotatable bonds is 6. The van der Waals surface area contributed by atoms with Gasteiger partial charge in [0.1, 0.15) is 0 Å². The van der Waals surface area contributed by atoms with Crippen LogP contribution in [-0.4, -0.2) is 24.6 Å². The van der Waals surface area contributed by atoms with Gasteiger partial charge in [0, 0.05) is 11.1 Å². The number of Topliss-reactive ketones (excluding diaryl/α,β-unsaturated/α-hetero) is 2. The maximum atomic E-state index is 12.9. The topological polar surface area (TPSA) is 60.4 Å². The Morgan fingerprint density at radius 3 is 1.86 bits per heavy atom. The maximum absolute atomic E-state index is 12.9. The van der Waals surface area contributed by atoms with E-state index in [1.165, 1.54) is 7.11 Å². The maximum Gasteiger partial charge on any atom is 0.338 e. The Bertz CT molecular complexity index is 1030. The number of ether oxygens (including phenoxy) is 1. The van der Waals surface area contributed by atoms with Crippen LogP contribution in [0.1, 0.15) is 43.1 Å². The van der Waals surface area contributed by atoms with E-state index in [1.807, 2.05) is 19.1 Å². The average molecular weight is 372 g/mol. The third kappa shape index (κ3) is 4.07. The minimum atomic E-state index is -0.478. The zero-order valence-electron chi connectivity index (χ0n) is 15.8. The molecule has 0 aliphatic rings. The molecule has 28 heavy (non-hydrogen) atoms. The van der Waals surface area contributed by atoms with Gasteiger partial charge >= 0.3 is 5.97 Å². The lowest BCUT2D eigenvalue weighted by Gasteiger charge is -2.12. The van der Waals surface area contributed by atoms with Crippen molar-refractivity contribution in [3.63, 3.8) is 0 Å². The van der Waals surface area contributed by atoms with Crippen LogP contribution in [0.25, 0.3) is 11.1 Å². The van der Waals surface area contributed by atoms with Crippen LogP contribution in [0.4, 0.5) is 0 Å². The predicted octanol–water partition coefficient (Wildman–Crippen LogP) is 4.90. The molecule has 0 heterocycles. The number of esters is 1. The molecule has 0 aliphatic carbocycles. The van der Waals surface area contributed by atoms with E-state index < -0.39 is 5.97 Å². The number of carbonyl (C=O) groups excluding carboxylic acids is 3. The highest BCUT2D eigenvalue weighted by Crippen LogP contribution is 2.29. The Morgan fingerprint density at radius 1 is 0.714 bits per heavy atom. The summed E-state index contributed by atoms with van der Waals surface area (Å²) < 4.78 is 4.85. The van der Waals surface area contributed by atoms with Gasteiger partial charge in [0.2, 0.25) is 0 Å². The third-order valence-corrected chi connectivity index (χ3v) is 4.54. The second kappa shape index (κ2) is 8.44. The number of ketones is 2. The number of aryl methyl sites for hydroxylation is 1. The molecule has 0 aliphatic heterocycles. The molecule has 3 aromatic carbocycles. The van der Waals surface area contributed by atoms with Gasteiger partial charge in [-0.25, -0.2) is 4.79 Å². The Morgan fingerprint density at radius 2 is 1.25 bits per heavy atom. The number of hydrogen-bond acceptors (Lipinski definition) is 4. The SMILES string of the molecule is COC(=O)c1ccccc1-c1ccccc1C(=O)CC(=O)c1ccc(C)cc1. The van der Waals surface area contributed by atoms with E-state index in [9.17, 15) is 14.4 Å². The van der Waals surface area contributed by atoms with Gasteiger partial charge in [-0.15, -0.1) is 0 Å². The Labute approximate surface area is 163 Å². The quantitative estimate of drug-likeness (QED) is 0.351. The van der Waals surface area contributed by atoms with Crippen molar-refractivity contribution >= 4 is 17.5 Å². The average Bonchev–Trinajstić information content (AvgIpc) is 2.73. The Hall–Kier alpha value is -3.53. The molecule has 0 amide bonds. The third-order valence-electron chi connectivity index (χ3n) is 4.54. The molecule has 0 bridgehead atoms. The second-order valence-corrected chi connectivity index (χ2v) is 6.47. The van der Waals surface area contributed by atoms with E-state index in [-0.39, 0.29) is 18.0 Å². The first-order valence-corrected chi connectivity index (χ1v) is 8.91. The summed E-state index contributed by atoms with van der Waals surface area (Å²) in [5.74, 6) is -1.00. The molecule has 0 saturated heterocycles. The molecule has 4 nitrogen and oxygen atoms in total. The number of benzene rings is 3. The van der Waals surface area contributed by atoms with Crippen molar-refractivity contribution in [2.75, 3.05) is 7.11 Å². The molecule has 0 spiro atoms. The van der Waals surface area contributed by atoms with Crippen molar-refractivity contribution < 1.29 is 19.1 Å². The highest BCUT2D eigenvalue weighted by molar-refractivity contribution is 6.16. The first-order valence-electron chi connectivity index (χ1n) is 8.91. The molecule has 140 valence electrons. The summed E-state index contributed by atoms with van der Waals surface area (Å²) in [5.41, 5.74) is 3.53. The number of methoxy groups -OCH3 is 1. The molecular formula is C24H20O4. The van der Waals surface area contributed by atoms with Gasteiger partial charge < -0.3 is 4.74 Å². The summed E-state index contributed by atoms with van der Waals surface area (Å²) >= 11 is 0. The van der Waals surface area contributed by atoms with Crippen LogP contribution in [-0.2, 0) is 4.74 Å². The Kier molecular flexibility index (Phi) is 5.80. The lowest BCUT2D eigenvalue weighted by Crippen LogP contribution is -2.11. The van der Waals surface area contributed by atoms with Gasteiger partial charge in [0.15, 0.2) is 11.6 Å². The van der Waals surface area contributed by atoms with Gasteiger partial charge in [-0.3, -0.25) is 9.59 Å². The molecule has 0 radical (unpaired) electrons. The summed E-state index contributed by atoms with van der Waals surface area (Å²) in [6.45, 7) is 1.94. The van der Waals surface area contributed by atoms with Crippen LogP contribution in [0.2, 0.25) is 0 Å². The Balaban J connectivity index is 1.95. The zero-order chi connectivity index (χ0) is 20.1. The predicted molar refractivity (Wildman–Crippen MR) is 108 cm³/mol. The highest BCUT2D eigenvalue weighted by Gasteiger charge is 2.20. The van der Waals surface area contributed by atoms with Crippen molar-refractivity contribution in [3.8, 4) is 11.1 Å². The second-order valence-electron chi connectivity index (χ2n) is 6.47. The summed E-state index contributed by atoms with van der Waals surface area (Å²) in [4.78, 5) is 37.5. The van der Waals surface area contributed by atoms with Crippen molar-refractivity contribution in [1.82, 2.24) is 0 Å². The fourth-order valence-corrected chi connectivity index (χ4v) is 3.05. The lowest BCUT2D eigenvalue weighted by atomic mass is 9.91. The monoisotopic (exact) mass is 372 g/mol. The minimum Gasteiger partial charge on any atom is -0.465 e. The standard InChI is InChI=1S/C24H20O4/c1-16-11-13-17(14-12-16)22(25)15-23(26)20-9-5-3-7-18(20)19-8-4-6-10-21(19)24(27)28-2/h3-14H,15H2,1-2H3. The molecule has 0 atom stereocenters. The van der Waals surface area contributed by atoms with Crippen molar-refractivity contribution in [1.29, 1.82) is 0 Å². The summed E-state index contributed by atoms with van der Waals surface area (Å²) in [6, 6.07) is 21.1. The first-order chi connectivity index (χ1) is 13.5. The smallest absolute Gasteiger partial charge is 0.338 e. The van der Waals surface area contributed by atoms with Crippen molar-refractivity contribution in [2.45, 2.75) is 13.3 Å². The molecular weight excluding hydrogens is 352 g/mol. The van der Waals surface area contributed by atoms with Crippen LogP contribution in [0, 0.1) is 6.92 Å². The molecule has 0 unspecified atom stereocenters. The number of carbonyl (C=O) groups is 3. The number of hydrogen-bond donors (Lipinski definition) is 0. The minimum absolute atomic E-state index is 0.235. The largest absolute Gasteiger partial charge is 0.465 e. The summed E-state index contributed by atoms with van der Waals surface area (Å²) in [7, 11) is 1.32. The molecule has 0 N–H and O–H groups in total. The normalized spacial score (nSPS) is 10.4. The van der Waals surface area contributed by atoms with Crippen LogP contribution < -0.4 is 0 Å². The first kappa shape index (κ1) is 19.2. The lowest BCUT2D eigenvalue weighted by molar-refractivity contribution is 0.0601. The molecule has 3 aromatic rings. The molecule has 4 heteroatoms. The van der Waals surface area contributed by atoms with Crippen molar-refractivity contribution in [3.05, 3.63) is 95.1 Å². The fourth-order valence-electron chi connectivity index (χ4n) is 3.05. The summed E-state index contributed by atoms with van der Waals surface area (Å²) in [5, 5.41) is 0. The molecule has 3 rings (SSSR count). The van der Waals surface area contributed by atoms with Crippen molar-refractivity contribution in [2.24, 2.45) is 0 Å². The van der Waals surface area contributed by atoms with E-state index in [0.29, 0.717) is 27.8 Å². The molecule has 0 saturated carbocycles. The van der Waals surface area contributed by atoms with Gasteiger partial charge in [-0.05, 0) is 24.1 Å². The molecule has 0 fully saturated rings. The van der Waals surface area contributed by atoms with Crippen LogP contribution in [0.15, 0.2) is 72.8 Å². The van der Waals surface area contributed by atoms with E-state index in [0.717, 1.165) is 5.56 Å². The van der Waals surface area contributed by atoms with E-state index in [4.69, 9.17) is 4.74 Å². The summed E-state index contributed by atoms with van der Waals surface area (Å²) in [6.07, 6.45) is -0.236. The highest BCUT2D eigenvalue weighted by atomic mass is 16.5. The van der Waals surface area contributed by atoms with Crippen LogP contribution in [0.3, 0.4) is 0 Å². The fraction of sp³-hybridized carbons (Fsp3) is 0.125.